The molecule has 1 aliphatic rings. The van der Waals surface area contributed by atoms with Crippen LogP contribution in [0.4, 0.5) is 16.5 Å². The highest BCUT2D eigenvalue weighted by molar-refractivity contribution is 7.22. The summed E-state index contributed by atoms with van der Waals surface area (Å²) in [4.78, 5) is 31.3. The monoisotopic (exact) mass is 424 g/mol. The van der Waals surface area contributed by atoms with Gasteiger partial charge in [0.25, 0.3) is 0 Å². The second-order valence-corrected chi connectivity index (χ2v) is 8.31. The van der Waals surface area contributed by atoms with E-state index in [9.17, 15) is 9.59 Å². The van der Waals surface area contributed by atoms with Gasteiger partial charge in [-0.3, -0.25) is 9.59 Å². The lowest BCUT2D eigenvalue weighted by molar-refractivity contribution is -0.120. The van der Waals surface area contributed by atoms with Crippen LogP contribution in [0.5, 0.6) is 0 Å². The minimum Gasteiger partial charge on any atom is -0.375 e. The number of piperidine rings is 1. The largest absolute Gasteiger partial charge is 0.375 e. The van der Waals surface area contributed by atoms with Crippen LogP contribution in [0.3, 0.4) is 0 Å². The van der Waals surface area contributed by atoms with Crippen molar-refractivity contribution >= 4 is 49.9 Å². The molecule has 0 saturated carbocycles. The third-order valence-corrected chi connectivity index (χ3v) is 6.15. The summed E-state index contributed by atoms with van der Waals surface area (Å²) in [5.74, 6) is -0.296. The first-order chi connectivity index (χ1) is 14.6. The number of anilines is 3. The van der Waals surface area contributed by atoms with Gasteiger partial charge in [-0.25, -0.2) is 4.98 Å². The molecule has 156 valence electrons. The average molecular weight is 425 g/mol. The highest BCUT2D eigenvalue weighted by Gasteiger charge is 2.27. The second kappa shape index (κ2) is 9.23. The van der Waals surface area contributed by atoms with Crippen LogP contribution in [-0.2, 0) is 14.3 Å². The van der Waals surface area contributed by atoms with Gasteiger partial charge in [-0.15, -0.1) is 0 Å². The Morgan fingerprint density at radius 3 is 2.60 bits per heavy atom. The number of hydrogen-bond acceptors (Lipinski definition) is 6. The number of benzene rings is 2. The van der Waals surface area contributed by atoms with E-state index >= 15 is 0 Å². The molecule has 2 amide bonds. The molecule has 2 aromatic carbocycles. The van der Waals surface area contributed by atoms with Crippen LogP contribution in [0.15, 0.2) is 48.5 Å². The van der Waals surface area contributed by atoms with Gasteiger partial charge < -0.3 is 20.3 Å². The van der Waals surface area contributed by atoms with Crippen LogP contribution < -0.4 is 15.5 Å². The summed E-state index contributed by atoms with van der Waals surface area (Å²) in [6.45, 7) is 1.58. The number of methoxy groups -OCH3 is 1. The van der Waals surface area contributed by atoms with Crippen LogP contribution >= 0.6 is 11.3 Å². The summed E-state index contributed by atoms with van der Waals surface area (Å²) in [7, 11) is 1.47. The molecule has 7 nitrogen and oxygen atoms in total. The third kappa shape index (κ3) is 4.77. The molecule has 0 bridgehead atoms. The van der Waals surface area contributed by atoms with Crippen molar-refractivity contribution in [3.63, 3.8) is 0 Å². The Morgan fingerprint density at radius 2 is 1.87 bits per heavy atom. The maximum absolute atomic E-state index is 12.8. The SMILES string of the molecule is COCC(=O)Nc1ccc(NC(=O)[C@H]2CCCN(c3nc4ccccc4s3)C2)cc1. The first kappa shape index (κ1) is 20.3. The molecule has 1 saturated heterocycles. The Balaban J connectivity index is 1.36. The van der Waals surface area contributed by atoms with Gasteiger partial charge in [0.1, 0.15) is 6.61 Å². The summed E-state index contributed by atoms with van der Waals surface area (Å²) in [5.41, 5.74) is 2.37. The van der Waals surface area contributed by atoms with E-state index in [1.165, 1.54) is 7.11 Å². The summed E-state index contributed by atoms with van der Waals surface area (Å²) in [6, 6.07) is 15.2. The first-order valence-electron chi connectivity index (χ1n) is 9.92. The Morgan fingerprint density at radius 1 is 1.13 bits per heavy atom. The van der Waals surface area contributed by atoms with Gasteiger partial charge in [0.05, 0.1) is 16.1 Å². The molecular formula is C22H24N4O3S. The minimum absolute atomic E-state index is 0.00528. The van der Waals surface area contributed by atoms with E-state index in [0.717, 1.165) is 34.7 Å². The molecule has 1 aliphatic heterocycles. The van der Waals surface area contributed by atoms with E-state index in [-0.39, 0.29) is 24.3 Å². The van der Waals surface area contributed by atoms with Gasteiger partial charge in [-0.1, -0.05) is 23.5 Å². The summed E-state index contributed by atoms with van der Waals surface area (Å²) < 4.78 is 5.96. The molecule has 4 rings (SSSR count). The van der Waals surface area contributed by atoms with E-state index in [2.05, 4.69) is 21.6 Å². The van der Waals surface area contributed by atoms with Crippen molar-refractivity contribution in [1.82, 2.24) is 4.98 Å². The molecule has 8 heteroatoms. The highest BCUT2D eigenvalue weighted by Crippen LogP contribution is 2.31. The highest BCUT2D eigenvalue weighted by atomic mass is 32.1. The Hall–Kier alpha value is -2.97. The van der Waals surface area contributed by atoms with Crippen LogP contribution in [-0.4, -0.2) is 43.6 Å². The standard InChI is InChI=1S/C22H24N4O3S/c1-29-14-20(27)23-16-8-10-17(11-9-16)24-21(28)15-5-4-12-26(13-15)22-25-18-6-2-3-7-19(18)30-22/h2-3,6-11,15H,4-5,12-14H2,1H3,(H,23,27)(H,24,28)/t15-/m0/s1. The van der Waals surface area contributed by atoms with Crippen molar-refractivity contribution in [3.05, 3.63) is 48.5 Å². The van der Waals surface area contributed by atoms with E-state index < -0.39 is 0 Å². The summed E-state index contributed by atoms with van der Waals surface area (Å²) >= 11 is 1.67. The van der Waals surface area contributed by atoms with Crippen molar-refractivity contribution in [3.8, 4) is 0 Å². The lowest BCUT2D eigenvalue weighted by Gasteiger charge is -2.31. The van der Waals surface area contributed by atoms with Gasteiger partial charge in [0, 0.05) is 31.6 Å². The smallest absolute Gasteiger partial charge is 0.250 e. The van der Waals surface area contributed by atoms with Crippen molar-refractivity contribution < 1.29 is 14.3 Å². The maximum atomic E-state index is 12.8. The predicted molar refractivity (Wildman–Crippen MR) is 120 cm³/mol. The van der Waals surface area contributed by atoms with Crippen molar-refractivity contribution in [2.45, 2.75) is 12.8 Å². The number of carbonyl (C=O) groups excluding carboxylic acids is 2. The number of ether oxygens (including phenoxy) is 1. The Kier molecular flexibility index (Phi) is 6.25. The molecule has 2 N–H and O–H groups in total. The van der Waals surface area contributed by atoms with Crippen LogP contribution in [0.1, 0.15) is 12.8 Å². The topological polar surface area (TPSA) is 83.6 Å². The van der Waals surface area contributed by atoms with E-state index in [1.54, 1.807) is 35.6 Å². The molecule has 1 atom stereocenters. The van der Waals surface area contributed by atoms with Gasteiger partial charge in [0.15, 0.2) is 5.13 Å². The number of para-hydroxylation sites is 1. The average Bonchev–Trinajstić information content (AvgIpc) is 3.20. The van der Waals surface area contributed by atoms with E-state index in [4.69, 9.17) is 9.72 Å². The number of hydrogen-bond donors (Lipinski definition) is 2. The number of nitrogens with zero attached hydrogens (tertiary/aromatic N) is 2. The fraction of sp³-hybridized carbons (Fsp3) is 0.318. The molecule has 1 aromatic heterocycles. The molecule has 0 unspecified atom stereocenters. The lowest BCUT2D eigenvalue weighted by atomic mass is 9.97. The normalized spacial score (nSPS) is 16.4. The zero-order valence-corrected chi connectivity index (χ0v) is 17.6. The van der Waals surface area contributed by atoms with E-state index in [1.807, 2.05) is 18.2 Å². The molecular weight excluding hydrogens is 400 g/mol. The molecule has 2 heterocycles. The van der Waals surface area contributed by atoms with Gasteiger partial charge >= 0.3 is 0 Å². The number of nitrogens with one attached hydrogen (secondary N) is 2. The molecule has 1 fully saturated rings. The van der Waals surface area contributed by atoms with Gasteiger partial charge in [-0.05, 0) is 49.2 Å². The number of thiazole rings is 1. The van der Waals surface area contributed by atoms with Gasteiger partial charge in [0.2, 0.25) is 11.8 Å². The number of aromatic nitrogens is 1. The fourth-order valence-electron chi connectivity index (χ4n) is 3.57. The fourth-order valence-corrected chi connectivity index (χ4v) is 4.57. The molecule has 0 aliphatic carbocycles. The summed E-state index contributed by atoms with van der Waals surface area (Å²) in [5, 5.41) is 6.71. The van der Waals surface area contributed by atoms with Crippen molar-refractivity contribution in [2.24, 2.45) is 5.92 Å². The zero-order valence-electron chi connectivity index (χ0n) is 16.8. The second-order valence-electron chi connectivity index (χ2n) is 7.30. The van der Waals surface area contributed by atoms with Gasteiger partial charge in [-0.2, -0.15) is 0 Å². The number of carbonyl (C=O) groups is 2. The molecule has 0 spiro atoms. The lowest BCUT2D eigenvalue weighted by Crippen LogP contribution is -2.40. The third-order valence-electron chi connectivity index (χ3n) is 5.06. The van der Waals surface area contributed by atoms with Crippen LogP contribution in [0.2, 0.25) is 0 Å². The molecule has 30 heavy (non-hydrogen) atoms. The number of rotatable bonds is 6. The zero-order chi connectivity index (χ0) is 20.9. The van der Waals surface area contributed by atoms with Crippen LogP contribution in [0.25, 0.3) is 10.2 Å². The quantitative estimate of drug-likeness (QED) is 0.630. The number of amides is 2. The molecule has 0 radical (unpaired) electrons. The first-order valence-corrected chi connectivity index (χ1v) is 10.7. The predicted octanol–water partition coefficient (Wildman–Crippen LogP) is 3.74. The van der Waals surface area contributed by atoms with Crippen molar-refractivity contribution in [2.75, 3.05) is 42.3 Å². The molecule has 3 aromatic rings. The van der Waals surface area contributed by atoms with Crippen LogP contribution in [0, 0.1) is 5.92 Å². The Bertz CT molecular complexity index is 1000. The minimum atomic E-state index is -0.216. The summed E-state index contributed by atoms with van der Waals surface area (Å²) in [6.07, 6.45) is 1.82. The number of fused-ring (bicyclic) bond motifs is 1. The maximum Gasteiger partial charge on any atom is 0.250 e. The Labute approximate surface area is 179 Å². The van der Waals surface area contributed by atoms with E-state index in [0.29, 0.717) is 17.9 Å². The van der Waals surface area contributed by atoms with Crippen molar-refractivity contribution in [1.29, 1.82) is 0 Å².